The van der Waals surface area contributed by atoms with E-state index in [0.29, 0.717) is 18.3 Å². The second kappa shape index (κ2) is 8.88. The van der Waals surface area contributed by atoms with Crippen LogP contribution < -0.4 is 11.1 Å². The minimum absolute atomic E-state index is 0.0651. The highest BCUT2D eigenvalue weighted by atomic mass is 16.2. The lowest BCUT2D eigenvalue weighted by atomic mass is 9.89. The molecule has 2 atom stereocenters. The van der Waals surface area contributed by atoms with Crippen LogP contribution in [-0.2, 0) is 6.54 Å². The van der Waals surface area contributed by atoms with E-state index in [-0.39, 0.29) is 11.9 Å². The summed E-state index contributed by atoms with van der Waals surface area (Å²) in [6.07, 6.45) is 6.05. The third kappa shape index (κ3) is 4.33. The third-order valence-electron chi connectivity index (χ3n) is 6.24. The average Bonchev–Trinajstić information content (AvgIpc) is 3.20. The number of nitrogens with zero attached hydrogens (tertiary/aromatic N) is 2. The van der Waals surface area contributed by atoms with E-state index < -0.39 is 0 Å². The van der Waals surface area contributed by atoms with Crippen molar-refractivity contribution >= 4 is 22.6 Å². The summed E-state index contributed by atoms with van der Waals surface area (Å²) in [7, 11) is 0. The average molecular weight is 406 g/mol. The smallest absolute Gasteiger partial charge is 0.270 e. The molecule has 0 aliphatic heterocycles. The Kier molecular flexibility index (Phi) is 6.04. The predicted molar refractivity (Wildman–Crippen MR) is 121 cm³/mol. The molecule has 1 aliphatic carbocycles. The number of amides is 1. The molecular formula is C24H31N5O. The molecule has 4 rings (SSSR count). The lowest BCUT2D eigenvalue weighted by molar-refractivity contribution is 0.0623. The first kappa shape index (κ1) is 20.4. The molecule has 3 aromatic rings. The first-order valence-electron chi connectivity index (χ1n) is 10.9. The van der Waals surface area contributed by atoms with Gasteiger partial charge in [0.1, 0.15) is 5.69 Å². The summed E-state index contributed by atoms with van der Waals surface area (Å²) < 4.78 is 0. The topological polar surface area (TPSA) is 87.0 Å². The molecule has 1 aliphatic rings. The number of benzene rings is 1. The van der Waals surface area contributed by atoms with Crippen LogP contribution in [0.1, 0.15) is 54.2 Å². The number of nitrogen functional groups attached to an aromatic ring is 1. The number of H-pyrrole nitrogens is 1. The Bertz CT molecular complexity index is 994. The number of aromatic nitrogens is 2. The number of carbonyl (C=O) groups excluding carboxylic acids is 1. The second-order valence-corrected chi connectivity index (χ2v) is 8.30. The number of pyridine rings is 1. The van der Waals surface area contributed by atoms with Crippen molar-refractivity contribution in [3.05, 3.63) is 59.4 Å². The van der Waals surface area contributed by atoms with Crippen molar-refractivity contribution in [3.8, 4) is 0 Å². The summed E-state index contributed by atoms with van der Waals surface area (Å²) in [4.78, 5) is 22.8. The van der Waals surface area contributed by atoms with Gasteiger partial charge in [-0.25, -0.2) is 0 Å². The maximum absolute atomic E-state index is 13.2. The van der Waals surface area contributed by atoms with E-state index in [1.807, 2.05) is 36.1 Å². The van der Waals surface area contributed by atoms with Crippen LogP contribution in [0.4, 0.5) is 5.69 Å². The quantitative estimate of drug-likeness (QED) is 0.541. The molecule has 6 heteroatoms. The van der Waals surface area contributed by atoms with Crippen LogP contribution in [0.25, 0.3) is 11.0 Å². The van der Waals surface area contributed by atoms with Crippen molar-refractivity contribution in [3.63, 3.8) is 0 Å². The van der Waals surface area contributed by atoms with Gasteiger partial charge < -0.3 is 20.9 Å². The third-order valence-corrected chi connectivity index (χ3v) is 6.24. The van der Waals surface area contributed by atoms with Gasteiger partial charge >= 0.3 is 0 Å². The molecule has 1 aromatic carbocycles. The zero-order chi connectivity index (χ0) is 21.1. The maximum Gasteiger partial charge on any atom is 0.270 e. The summed E-state index contributed by atoms with van der Waals surface area (Å²) in [6, 6.07) is 12.6. The van der Waals surface area contributed by atoms with Gasteiger partial charge in [-0.15, -0.1) is 0 Å². The van der Waals surface area contributed by atoms with E-state index in [0.717, 1.165) is 54.5 Å². The monoisotopic (exact) mass is 405 g/mol. The second-order valence-electron chi connectivity index (χ2n) is 8.30. The van der Waals surface area contributed by atoms with Gasteiger partial charge in [-0.2, -0.15) is 0 Å². The van der Waals surface area contributed by atoms with Crippen LogP contribution >= 0.6 is 0 Å². The van der Waals surface area contributed by atoms with E-state index >= 15 is 0 Å². The molecule has 6 nitrogen and oxygen atoms in total. The Balaban J connectivity index is 1.41. The fraction of sp³-hybridized carbons (Fsp3) is 0.417. The minimum Gasteiger partial charge on any atom is -0.399 e. The summed E-state index contributed by atoms with van der Waals surface area (Å²) in [6.45, 7) is 5.63. The molecule has 0 bridgehead atoms. The molecule has 30 heavy (non-hydrogen) atoms. The van der Waals surface area contributed by atoms with Crippen molar-refractivity contribution in [2.24, 2.45) is 0 Å². The van der Waals surface area contributed by atoms with Gasteiger partial charge in [-0.3, -0.25) is 9.78 Å². The number of hydrogen-bond donors (Lipinski definition) is 3. The lowest BCUT2D eigenvalue weighted by Crippen LogP contribution is -2.46. The fourth-order valence-electron chi connectivity index (χ4n) is 4.54. The molecule has 158 valence electrons. The van der Waals surface area contributed by atoms with Crippen molar-refractivity contribution < 1.29 is 4.79 Å². The van der Waals surface area contributed by atoms with Crippen molar-refractivity contribution in [2.45, 2.75) is 58.2 Å². The highest BCUT2D eigenvalue weighted by Gasteiger charge is 2.30. The van der Waals surface area contributed by atoms with Crippen molar-refractivity contribution in [1.82, 2.24) is 20.2 Å². The Hall–Kier alpha value is -2.86. The van der Waals surface area contributed by atoms with Crippen LogP contribution in [0, 0.1) is 6.92 Å². The largest absolute Gasteiger partial charge is 0.399 e. The molecule has 2 heterocycles. The Morgan fingerprint density at radius 2 is 2.17 bits per heavy atom. The summed E-state index contributed by atoms with van der Waals surface area (Å²) >= 11 is 0. The molecular weight excluding hydrogens is 374 g/mol. The number of rotatable bonds is 6. The molecule has 0 radical (unpaired) electrons. The van der Waals surface area contributed by atoms with Crippen LogP contribution in [0.3, 0.4) is 0 Å². The molecule has 0 saturated heterocycles. The fourth-order valence-corrected chi connectivity index (χ4v) is 4.54. The molecule has 4 N–H and O–H groups in total. The van der Waals surface area contributed by atoms with Gasteiger partial charge in [0, 0.05) is 37.1 Å². The predicted octanol–water partition coefficient (Wildman–Crippen LogP) is 4.02. The van der Waals surface area contributed by atoms with E-state index in [9.17, 15) is 4.79 Å². The van der Waals surface area contributed by atoms with Gasteiger partial charge in [0.2, 0.25) is 0 Å². The van der Waals surface area contributed by atoms with Crippen molar-refractivity contribution in [1.29, 1.82) is 0 Å². The molecule has 1 saturated carbocycles. The summed E-state index contributed by atoms with van der Waals surface area (Å²) in [5, 5.41) is 3.70. The Labute approximate surface area is 177 Å². The van der Waals surface area contributed by atoms with E-state index in [1.165, 1.54) is 5.56 Å². The number of hydrogen-bond acceptors (Lipinski definition) is 4. The Morgan fingerprint density at radius 1 is 1.30 bits per heavy atom. The van der Waals surface area contributed by atoms with E-state index in [1.54, 1.807) is 6.20 Å². The Morgan fingerprint density at radius 3 is 2.93 bits per heavy atom. The first-order chi connectivity index (χ1) is 14.5. The molecule has 0 unspecified atom stereocenters. The van der Waals surface area contributed by atoms with Crippen LogP contribution in [0.15, 0.2) is 42.6 Å². The van der Waals surface area contributed by atoms with E-state index in [4.69, 9.17) is 5.73 Å². The molecule has 1 amide bonds. The van der Waals surface area contributed by atoms with Gasteiger partial charge in [0.15, 0.2) is 0 Å². The van der Waals surface area contributed by atoms with Gasteiger partial charge in [-0.1, -0.05) is 12.1 Å². The molecule has 0 spiro atoms. The summed E-state index contributed by atoms with van der Waals surface area (Å²) in [5.41, 5.74) is 11.5. The zero-order valence-electron chi connectivity index (χ0n) is 17.8. The standard InChI is InChI=1S/C24H31N5O/c1-3-29(24(30)23-14-22-21(28-23)8-5-11-26-22)19-7-4-6-18(13-19)27-15-17-9-10-20(25)16(2)12-17/h5,8-12,14,18-19,27-28H,3-4,6-7,13,15,25H2,1-2H3/t18-,19+/m1/s1. The van der Waals surface area contributed by atoms with Gasteiger partial charge in [0.05, 0.1) is 11.0 Å². The number of nitrogens with two attached hydrogens (primary N) is 1. The van der Waals surface area contributed by atoms with Crippen molar-refractivity contribution in [2.75, 3.05) is 12.3 Å². The number of nitrogens with one attached hydrogen (secondary N) is 2. The van der Waals surface area contributed by atoms with E-state index in [2.05, 4.69) is 34.3 Å². The first-order valence-corrected chi connectivity index (χ1v) is 10.9. The lowest BCUT2D eigenvalue weighted by Gasteiger charge is -2.37. The number of aryl methyl sites for hydroxylation is 1. The number of carbonyl (C=O) groups is 1. The molecule has 2 aromatic heterocycles. The normalized spacial score (nSPS) is 19.1. The van der Waals surface area contributed by atoms with Crippen LogP contribution in [0.5, 0.6) is 0 Å². The highest BCUT2D eigenvalue weighted by molar-refractivity contribution is 5.97. The van der Waals surface area contributed by atoms with Crippen LogP contribution in [-0.4, -0.2) is 39.4 Å². The van der Waals surface area contributed by atoms with Gasteiger partial charge in [0.25, 0.3) is 5.91 Å². The number of fused-ring (bicyclic) bond motifs is 1. The SMILES string of the molecule is CCN(C(=O)c1cc2ncccc2[nH]1)[C@H]1CCC[C@@H](NCc2ccc(N)c(C)c2)C1. The number of anilines is 1. The molecule has 1 fully saturated rings. The zero-order valence-corrected chi connectivity index (χ0v) is 17.8. The minimum atomic E-state index is 0.0651. The van der Waals surface area contributed by atoms with Crippen LogP contribution in [0.2, 0.25) is 0 Å². The maximum atomic E-state index is 13.2. The number of aromatic amines is 1. The summed E-state index contributed by atoms with van der Waals surface area (Å²) in [5.74, 6) is 0.0651. The highest BCUT2D eigenvalue weighted by Crippen LogP contribution is 2.25. The van der Waals surface area contributed by atoms with Gasteiger partial charge in [-0.05, 0) is 74.9 Å².